The van der Waals surface area contributed by atoms with E-state index in [9.17, 15) is 4.79 Å². The van der Waals surface area contributed by atoms with E-state index >= 15 is 0 Å². The smallest absolute Gasteiger partial charge is 0.150 e. The minimum absolute atomic E-state index is 0.656. The first kappa shape index (κ1) is 35.1. The summed E-state index contributed by atoms with van der Waals surface area (Å²) in [4.78, 5) is 12.5. The van der Waals surface area contributed by atoms with Gasteiger partial charge in [-0.1, -0.05) is 62.5 Å². The number of benzene rings is 3. The molecule has 3 N–H and O–H groups in total. The van der Waals surface area contributed by atoms with Crippen LogP contribution in [0.5, 0.6) is 0 Å². The van der Waals surface area contributed by atoms with Crippen molar-refractivity contribution in [2.45, 2.75) is 34.1 Å². The quantitative estimate of drug-likeness (QED) is 0.148. The van der Waals surface area contributed by atoms with Gasteiger partial charge in [0.2, 0.25) is 0 Å². The van der Waals surface area contributed by atoms with Gasteiger partial charge in [-0.15, -0.1) is 0 Å². The fraction of sp³-hybridized carbons (Fsp3) is 0.323. The van der Waals surface area contributed by atoms with E-state index in [0.29, 0.717) is 12.1 Å². The second-order valence-corrected chi connectivity index (χ2v) is 8.92. The lowest BCUT2D eigenvalue weighted by atomic mass is 10.0. The van der Waals surface area contributed by atoms with E-state index in [-0.39, 0.29) is 0 Å². The van der Waals surface area contributed by atoms with Gasteiger partial charge in [0.1, 0.15) is 6.29 Å². The predicted octanol–water partition coefficient (Wildman–Crippen LogP) is 8.22. The topological polar surface area (TPSA) is 61.6 Å². The third-order valence-corrected chi connectivity index (χ3v) is 5.94. The minimum Gasteiger partial charge on any atom is -0.388 e. The SMILES string of the molecule is C/C=C\C.CC.CNc1ccc(Cl)c(-c2ccc(N(C)C)cc2)c1.NCCCN(S)c1ccc(C=O)cc1. The summed E-state index contributed by atoms with van der Waals surface area (Å²) < 4.78 is 1.82. The number of aldehydes is 1. The van der Waals surface area contributed by atoms with Gasteiger partial charge in [-0.3, -0.25) is 4.79 Å². The molecule has 3 aromatic rings. The highest BCUT2D eigenvalue weighted by molar-refractivity contribution is 7.81. The standard InChI is InChI=1S/C15H17ClN2.C10H14N2OS.C4H8.C2H6/c1-17-12-6-9-15(16)14(10-12)11-4-7-13(8-5-11)18(2)3;11-6-1-7-12(14)10-4-2-9(8-13)3-5-10;1-3-4-2;1-2/h4-10,17H,1-3H3;2-5,8,14H,1,6-7,11H2;3-4H,1-2H3;1-2H3/b;;4-3-;. The monoisotopic (exact) mass is 556 g/mol. The maximum atomic E-state index is 10.4. The number of nitrogens with one attached hydrogen (secondary N) is 1. The first-order valence-electron chi connectivity index (χ1n) is 12.8. The highest BCUT2D eigenvalue weighted by atomic mass is 35.5. The molecule has 0 heterocycles. The molecule has 208 valence electrons. The van der Waals surface area contributed by atoms with Crippen LogP contribution in [0, 0.1) is 0 Å². The van der Waals surface area contributed by atoms with Crippen molar-refractivity contribution in [3.8, 4) is 11.1 Å². The average molecular weight is 557 g/mol. The van der Waals surface area contributed by atoms with E-state index in [1.54, 1.807) is 12.1 Å². The highest BCUT2D eigenvalue weighted by Crippen LogP contribution is 2.31. The van der Waals surface area contributed by atoms with E-state index in [4.69, 9.17) is 17.3 Å². The first-order valence-corrected chi connectivity index (χ1v) is 13.6. The maximum Gasteiger partial charge on any atom is 0.150 e. The van der Waals surface area contributed by atoms with E-state index in [2.05, 4.69) is 53.4 Å². The molecule has 0 aliphatic carbocycles. The van der Waals surface area contributed by atoms with Crippen LogP contribution in [-0.4, -0.2) is 40.5 Å². The molecule has 0 saturated heterocycles. The summed E-state index contributed by atoms with van der Waals surface area (Å²) in [5.74, 6) is 0. The molecule has 38 heavy (non-hydrogen) atoms. The molecule has 0 radical (unpaired) electrons. The molecule has 0 fully saturated rings. The van der Waals surface area contributed by atoms with Crippen molar-refractivity contribution in [2.75, 3.05) is 48.8 Å². The van der Waals surface area contributed by atoms with Gasteiger partial charge in [0.15, 0.2) is 0 Å². The molecule has 0 saturated carbocycles. The van der Waals surface area contributed by atoms with E-state index < -0.39 is 0 Å². The van der Waals surface area contributed by atoms with E-state index in [1.807, 2.05) is 89.6 Å². The zero-order valence-electron chi connectivity index (χ0n) is 23.9. The van der Waals surface area contributed by atoms with Gasteiger partial charge in [0.05, 0.1) is 0 Å². The lowest BCUT2D eigenvalue weighted by Gasteiger charge is -2.16. The van der Waals surface area contributed by atoms with E-state index in [1.165, 1.54) is 5.69 Å². The second kappa shape index (κ2) is 21.1. The molecular formula is C31H45ClN4OS. The van der Waals surface area contributed by atoms with Crippen LogP contribution < -0.4 is 20.3 Å². The number of hydrogen-bond donors (Lipinski definition) is 3. The molecule has 0 bridgehead atoms. The fourth-order valence-electron chi connectivity index (χ4n) is 2.94. The first-order chi connectivity index (χ1) is 18.3. The highest BCUT2D eigenvalue weighted by Gasteiger charge is 2.05. The molecular weight excluding hydrogens is 512 g/mol. The number of thiol groups is 1. The molecule has 3 rings (SSSR count). The van der Waals surface area contributed by atoms with Crippen LogP contribution in [-0.2, 0) is 0 Å². The third kappa shape index (κ3) is 13.0. The Kier molecular flexibility index (Phi) is 19.4. The Morgan fingerprint density at radius 1 is 0.921 bits per heavy atom. The number of nitrogens with two attached hydrogens (primary N) is 1. The fourth-order valence-corrected chi connectivity index (χ4v) is 3.44. The summed E-state index contributed by atoms with van der Waals surface area (Å²) >= 11 is 10.6. The molecule has 0 atom stereocenters. The van der Waals surface area contributed by atoms with Gasteiger partial charge in [-0.25, -0.2) is 0 Å². The predicted molar refractivity (Wildman–Crippen MR) is 174 cm³/mol. The summed E-state index contributed by atoms with van der Waals surface area (Å²) in [5.41, 5.74) is 11.5. The summed E-state index contributed by atoms with van der Waals surface area (Å²) in [6, 6.07) is 21.6. The summed E-state index contributed by atoms with van der Waals surface area (Å²) in [6.45, 7) is 9.46. The Hall–Kier alpha value is -2.93. The van der Waals surface area contributed by atoms with Gasteiger partial charge in [0, 0.05) is 60.9 Å². The van der Waals surface area contributed by atoms with Gasteiger partial charge in [-0.2, -0.15) is 0 Å². The van der Waals surface area contributed by atoms with Gasteiger partial charge in [-0.05, 0) is 87.0 Å². The van der Waals surface area contributed by atoms with Gasteiger partial charge < -0.3 is 20.3 Å². The molecule has 0 aliphatic heterocycles. The number of rotatable bonds is 8. The Labute approximate surface area is 241 Å². The van der Waals surface area contributed by atoms with Crippen molar-refractivity contribution in [1.82, 2.24) is 0 Å². The van der Waals surface area contributed by atoms with Gasteiger partial charge in [0.25, 0.3) is 0 Å². The Morgan fingerprint density at radius 3 is 1.92 bits per heavy atom. The normalized spacial score (nSPS) is 9.63. The van der Waals surface area contributed by atoms with Crippen LogP contribution in [0.1, 0.15) is 44.5 Å². The summed E-state index contributed by atoms with van der Waals surface area (Å²) in [5, 5.41) is 3.90. The van der Waals surface area contributed by atoms with Gasteiger partial charge >= 0.3 is 0 Å². The number of allylic oxidation sites excluding steroid dienone is 2. The third-order valence-electron chi connectivity index (χ3n) is 5.18. The van der Waals surface area contributed by atoms with Crippen LogP contribution in [0.15, 0.2) is 78.9 Å². The number of carbonyl (C=O) groups is 1. The number of hydrogen-bond acceptors (Lipinski definition) is 6. The number of anilines is 3. The number of halogens is 1. The Bertz CT molecular complexity index is 1050. The molecule has 0 unspecified atom stereocenters. The molecule has 3 aromatic carbocycles. The largest absolute Gasteiger partial charge is 0.388 e. The minimum atomic E-state index is 0.656. The zero-order valence-corrected chi connectivity index (χ0v) is 25.6. The second-order valence-electron chi connectivity index (χ2n) is 8.03. The average Bonchev–Trinajstić information content (AvgIpc) is 2.97. The van der Waals surface area contributed by atoms with Crippen LogP contribution in [0.2, 0.25) is 5.02 Å². The van der Waals surface area contributed by atoms with Crippen molar-refractivity contribution in [3.05, 3.63) is 89.5 Å². The lowest BCUT2D eigenvalue weighted by Crippen LogP contribution is -2.15. The molecule has 0 amide bonds. The Morgan fingerprint density at radius 2 is 1.47 bits per heavy atom. The van der Waals surface area contributed by atoms with Crippen molar-refractivity contribution < 1.29 is 4.79 Å². The molecule has 0 spiro atoms. The van der Waals surface area contributed by atoms with Crippen LogP contribution in [0.3, 0.4) is 0 Å². The zero-order chi connectivity index (χ0) is 28.9. The molecule has 5 nitrogen and oxygen atoms in total. The maximum absolute atomic E-state index is 10.4. The molecule has 7 heteroatoms. The lowest BCUT2D eigenvalue weighted by molar-refractivity contribution is 0.112. The van der Waals surface area contributed by atoms with Crippen molar-refractivity contribution in [1.29, 1.82) is 0 Å². The van der Waals surface area contributed by atoms with Crippen molar-refractivity contribution >= 4 is 47.8 Å². The van der Waals surface area contributed by atoms with Crippen LogP contribution in [0.25, 0.3) is 11.1 Å². The molecule has 0 aliphatic rings. The number of nitrogens with zero attached hydrogens (tertiary/aromatic N) is 2. The van der Waals surface area contributed by atoms with Crippen LogP contribution >= 0.6 is 24.4 Å². The Balaban J connectivity index is 0.000000610. The van der Waals surface area contributed by atoms with Crippen LogP contribution in [0.4, 0.5) is 17.1 Å². The number of carbonyl (C=O) groups excluding carboxylic acids is 1. The van der Waals surface area contributed by atoms with E-state index in [0.717, 1.165) is 46.8 Å². The summed E-state index contributed by atoms with van der Waals surface area (Å²) in [7, 11) is 5.97. The van der Waals surface area contributed by atoms with Crippen molar-refractivity contribution in [3.63, 3.8) is 0 Å². The van der Waals surface area contributed by atoms with Crippen molar-refractivity contribution in [2.24, 2.45) is 5.73 Å². The summed E-state index contributed by atoms with van der Waals surface area (Å²) in [6.07, 6.45) is 5.73. The molecule has 0 aromatic heterocycles.